The number of nitrogens with one attached hydrogen (secondary N) is 1. The van der Waals surface area contributed by atoms with Crippen LogP contribution in [0.2, 0.25) is 0 Å². The maximum absolute atomic E-state index is 12.6. The Labute approximate surface area is 142 Å². The van der Waals surface area contributed by atoms with Crippen LogP contribution in [-0.4, -0.2) is 19.1 Å². The van der Waals surface area contributed by atoms with Gasteiger partial charge in [0.2, 0.25) is 0 Å². The second-order valence-corrected chi connectivity index (χ2v) is 6.46. The van der Waals surface area contributed by atoms with Gasteiger partial charge in [0, 0.05) is 5.56 Å². The second-order valence-electron chi connectivity index (χ2n) is 6.46. The van der Waals surface area contributed by atoms with Crippen LogP contribution in [0, 0.1) is 12.8 Å². The van der Waals surface area contributed by atoms with E-state index in [0.29, 0.717) is 18.8 Å². The van der Waals surface area contributed by atoms with E-state index in [1.807, 2.05) is 49.4 Å². The van der Waals surface area contributed by atoms with Crippen molar-refractivity contribution in [3.63, 3.8) is 0 Å². The first-order valence-electron chi connectivity index (χ1n) is 8.31. The molecule has 0 bridgehead atoms. The molecule has 0 aromatic heterocycles. The highest BCUT2D eigenvalue weighted by molar-refractivity contribution is 5.94. The molecule has 0 saturated carbocycles. The molecule has 1 amide bonds. The second kappa shape index (κ2) is 6.95. The number of fused-ring (bicyclic) bond motifs is 1. The van der Waals surface area contributed by atoms with E-state index >= 15 is 0 Å². The van der Waals surface area contributed by atoms with E-state index < -0.39 is 0 Å². The molecule has 0 saturated heterocycles. The lowest BCUT2D eigenvalue weighted by atomic mass is 9.95. The van der Waals surface area contributed by atoms with Crippen LogP contribution in [-0.2, 0) is 0 Å². The lowest BCUT2D eigenvalue weighted by Gasteiger charge is -2.25. The van der Waals surface area contributed by atoms with Crippen molar-refractivity contribution in [1.29, 1.82) is 0 Å². The Kier molecular flexibility index (Phi) is 4.74. The maximum atomic E-state index is 12.6. The van der Waals surface area contributed by atoms with E-state index in [1.165, 1.54) is 0 Å². The predicted molar refractivity (Wildman–Crippen MR) is 93.7 cm³/mol. The number of hydrogen-bond acceptors (Lipinski definition) is 3. The van der Waals surface area contributed by atoms with Gasteiger partial charge in [-0.3, -0.25) is 4.79 Å². The van der Waals surface area contributed by atoms with Gasteiger partial charge in [-0.05, 0) is 42.7 Å². The minimum absolute atomic E-state index is 0.0661. The highest BCUT2D eigenvalue weighted by Gasteiger charge is 2.22. The highest BCUT2D eigenvalue weighted by atomic mass is 16.6. The Morgan fingerprint density at radius 1 is 1.00 bits per heavy atom. The molecule has 1 aliphatic heterocycles. The lowest BCUT2D eigenvalue weighted by Crippen LogP contribution is -2.31. The molecule has 1 atom stereocenters. The summed E-state index contributed by atoms with van der Waals surface area (Å²) in [7, 11) is 0. The van der Waals surface area contributed by atoms with Crippen molar-refractivity contribution in [2.24, 2.45) is 5.92 Å². The molecule has 0 unspecified atom stereocenters. The Morgan fingerprint density at radius 3 is 2.33 bits per heavy atom. The minimum Gasteiger partial charge on any atom is -0.486 e. The molecule has 4 nitrogen and oxygen atoms in total. The molecular weight excluding hydrogens is 302 g/mol. The summed E-state index contributed by atoms with van der Waals surface area (Å²) in [5.41, 5.74) is 2.83. The van der Waals surface area contributed by atoms with Gasteiger partial charge in [-0.15, -0.1) is 0 Å². The molecule has 0 aliphatic carbocycles. The predicted octanol–water partition coefficient (Wildman–Crippen LogP) is 3.89. The molecular formula is C20H23NO3. The number of amides is 1. The fourth-order valence-electron chi connectivity index (χ4n) is 2.82. The molecule has 24 heavy (non-hydrogen) atoms. The number of ether oxygens (including phenoxy) is 2. The van der Waals surface area contributed by atoms with Gasteiger partial charge >= 0.3 is 0 Å². The number of rotatable bonds is 4. The molecule has 0 radical (unpaired) electrons. The minimum atomic E-state index is -0.0883. The zero-order valence-electron chi connectivity index (χ0n) is 14.3. The first-order valence-corrected chi connectivity index (χ1v) is 8.31. The van der Waals surface area contributed by atoms with Crippen molar-refractivity contribution < 1.29 is 14.3 Å². The van der Waals surface area contributed by atoms with Crippen molar-refractivity contribution in [2.75, 3.05) is 13.2 Å². The topological polar surface area (TPSA) is 47.6 Å². The molecule has 0 fully saturated rings. The summed E-state index contributed by atoms with van der Waals surface area (Å²) in [6.45, 7) is 7.32. The molecule has 0 spiro atoms. The van der Waals surface area contributed by atoms with E-state index in [4.69, 9.17) is 9.47 Å². The number of carbonyl (C=O) groups is 1. The quantitative estimate of drug-likeness (QED) is 0.927. The van der Waals surface area contributed by atoms with Gasteiger partial charge in [0.25, 0.3) is 5.91 Å². The molecule has 1 heterocycles. The zero-order chi connectivity index (χ0) is 17.1. The summed E-state index contributed by atoms with van der Waals surface area (Å²) < 4.78 is 11.2. The molecule has 1 N–H and O–H groups in total. The Balaban J connectivity index is 1.82. The Hall–Kier alpha value is -2.49. The molecule has 4 heteroatoms. The number of hydrogen-bond donors (Lipinski definition) is 1. The van der Waals surface area contributed by atoms with Gasteiger partial charge in [0.15, 0.2) is 11.5 Å². The van der Waals surface area contributed by atoms with Crippen molar-refractivity contribution in [3.8, 4) is 11.5 Å². The summed E-state index contributed by atoms with van der Waals surface area (Å²) in [6, 6.07) is 13.4. The van der Waals surface area contributed by atoms with Crippen LogP contribution in [0.5, 0.6) is 11.5 Å². The van der Waals surface area contributed by atoms with Gasteiger partial charge in [0.05, 0.1) is 6.04 Å². The van der Waals surface area contributed by atoms with Crippen molar-refractivity contribution in [2.45, 2.75) is 26.8 Å². The van der Waals surface area contributed by atoms with Gasteiger partial charge in [0.1, 0.15) is 13.2 Å². The molecule has 126 valence electrons. The monoisotopic (exact) mass is 325 g/mol. The first-order chi connectivity index (χ1) is 11.5. The van der Waals surface area contributed by atoms with Gasteiger partial charge in [-0.25, -0.2) is 0 Å². The third-order valence-corrected chi connectivity index (χ3v) is 4.19. The summed E-state index contributed by atoms with van der Waals surface area (Å²) in [5.74, 6) is 1.69. The molecule has 2 aromatic carbocycles. The van der Waals surface area contributed by atoms with Crippen LogP contribution in [0.1, 0.15) is 41.4 Å². The van der Waals surface area contributed by atoms with E-state index in [-0.39, 0.29) is 17.9 Å². The van der Waals surface area contributed by atoms with Crippen LogP contribution < -0.4 is 14.8 Å². The standard InChI is InChI=1S/C20H23NO3/c1-13(2)19(21-20(22)15-6-4-14(3)5-7-15)16-8-9-17-18(12-16)24-11-10-23-17/h4-9,12-13,19H,10-11H2,1-3H3,(H,21,22)/t19-/m1/s1. The normalized spacial score (nSPS) is 14.3. The van der Waals surface area contributed by atoms with Crippen molar-refractivity contribution >= 4 is 5.91 Å². The van der Waals surface area contributed by atoms with E-state index in [1.54, 1.807) is 0 Å². The lowest BCUT2D eigenvalue weighted by molar-refractivity contribution is 0.0925. The van der Waals surface area contributed by atoms with Gasteiger partial charge in [-0.1, -0.05) is 37.6 Å². The largest absolute Gasteiger partial charge is 0.486 e. The smallest absolute Gasteiger partial charge is 0.251 e. The first kappa shape index (κ1) is 16.4. The van der Waals surface area contributed by atoms with E-state index in [2.05, 4.69) is 19.2 Å². The molecule has 2 aromatic rings. The van der Waals surface area contributed by atoms with Crippen LogP contribution >= 0.6 is 0 Å². The number of benzene rings is 2. The molecule has 3 rings (SSSR count). The Bertz CT molecular complexity index is 722. The maximum Gasteiger partial charge on any atom is 0.251 e. The highest BCUT2D eigenvalue weighted by Crippen LogP contribution is 2.34. The summed E-state index contributed by atoms with van der Waals surface area (Å²) >= 11 is 0. The fourth-order valence-corrected chi connectivity index (χ4v) is 2.82. The van der Waals surface area contributed by atoms with Crippen LogP contribution in [0.4, 0.5) is 0 Å². The summed E-state index contributed by atoms with van der Waals surface area (Å²) in [6.07, 6.45) is 0. The third-order valence-electron chi connectivity index (χ3n) is 4.19. The SMILES string of the molecule is Cc1ccc(C(=O)N[C@@H](c2ccc3c(c2)OCCO3)C(C)C)cc1. The number of carbonyl (C=O) groups excluding carboxylic acids is 1. The third kappa shape index (κ3) is 3.53. The average Bonchev–Trinajstić information content (AvgIpc) is 2.59. The summed E-state index contributed by atoms with van der Waals surface area (Å²) in [4.78, 5) is 12.6. The van der Waals surface area contributed by atoms with Gasteiger partial charge in [-0.2, -0.15) is 0 Å². The van der Waals surface area contributed by atoms with Crippen LogP contribution in [0.3, 0.4) is 0 Å². The van der Waals surface area contributed by atoms with E-state index in [0.717, 1.165) is 22.6 Å². The molecule has 1 aliphatic rings. The fraction of sp³-hybridized carbons (Fsp3) is 0.350. The van der Waals surface area contributed by atoms with Gasteiger partial charge < -0.3 is 14.8 Å². The Morgan fingerprint density at radius 2 is 1.67 bits per heavy atom. The average molecular weight is 325 g/mol. The number of aryl methyl sites for hydroxylation is 1. The zero-order valence-corrected chi connectivity index (χ0v) is 14.3. The van der Waals surface area contributed by atoms with E-state index in [9.17, 15) is 4.79 Å². The van der Waals surface area contributed by atoms with Crippen LogP contribution in [0.25, 0.3) is 0 Å². The van der Waals surface area contributed by atoms with Crippen molar-refractivity contribution in [3.05, 3.63) is 59.2 Å². The van der Waals surface area contributed by atoms with Crippen LogP contribution in [0.15, 0.2) is 42.5 Å². The van der Waals surface area contributed by atoms with Crippen molar-refractivity contribution in [1.82, 2.24) is 5.32 Å². The summed E-state index contributed by atoms with van der Waals surface area (Å²) in [5, 5.41) is 3.14.